The lowest BCUT2D eigenvalue weighted by atomic mass is 10.1. The van der Waals surface area contributed by atoms with Crippen LogP contribution in [0.4, 0.5) is 16.2 Å². The van der Waals surface area contributed by atoms with Gasteiger partial charge >= 0.3 is 6.03 Å². The zero-order chi connectivity index (χ0) is 34.2. The van der Waals surface area contributed by atoms with Crippen LogP contribution >= 0.6 is 15.9 Å². The number of ether oxygens (including phenoxy) is 4. The summed E-state index contributed by atoms with van der Waals surface area (Å²) in [6.07, 6.45) is 1.30. The average molecular weight is 717 g/mol. The summed E-state index contributed by atoms with van der Waals surface area (Å²) in [5.41, 5.74) is 1.49. The van der Waals surface area contributed by atoms with Crippen LogP contribution in [-0.2, 0) is 22.8 Å². The van der Waals surface area contributed by atoms with Crippen molar-refractivity contribution in [1.29, 1.82) is 0 Å². The molecule has 0 bridgehead atoms. The molecule has 48 heavy (non-hydrogen) atoms. The maximum absolute atomic E-state index is 13.4. The summed E-state index contributed by atoms with van der Waals surface area (Å²) in [5, 5.41) is 13.4. The van der Waals surface area contributed by atoms with Crippen LogP contribution in [0.1, 0.15) is 30.5 Å². The molecule has 1 N–H and O–H groups in total. The highest BCUT2D eigenvalue weighted by Gasteiger charge is 2.37. The van der Waals surface area contributed by atoms with Crippen LogP contribution in [0.5, 0.6) is 23.0 Å². The largest absolute Gasteiger partial charge is 0.490 e. The van der Waals surface area contributed by atoms with E-state index in [0.717, 1.165) is 17.2 Å². The third-order valence-corrected chi connectivity index (χ3v) is 7.56. The predicted molar refractivity (Wildman–Crippen MR) is 180 cm³/mol. The number of barbiturate groups is 1. The smallest absolute Gasteiger partial charge is 0.335 e. The molecule has 0 unspecified atom stereocenters. The summed E-state index contributed by atoms with van der Waals surface area (Å²) in [6.45, 7) is 4.96. The van der Waals surface area contributed by atoms with E-state index in [1.165, 1.54) is 24.3 Å². The third kappa shape index (κ3) is 7.81. The SMILES string of the molecule is CCOc1cc(COc2c(Br)cc(/C=C3/C(=O)NC(=O)N(c4cccc([N+](=O)[O-])c4)C3=O)cc2OCC)ccc1OCc1ccccc1. The van der Waals surface area contributed by atoms with Crippen molar-refractivity contribution < 1.29 is 38.3 Å². The first-order valence-electron chi connectivity index (χ1n) is 14.9. The Labute approximate surface area is 284 Å². The summed E-state index contributed by atoms with van der Waals surface area (Å²) in [7, 11) is 0. The topological polar surface area (TPSA) is 147 Å². The molecule has 0 aliphatic carbocycles. The molecule has 1 heterocycles. The van der Waals surface area contributed by atoms with Crippen LogP contribution in [0.15, 0.2) is 95.0 Å². The molecule has 0 radical (unpaired) electrons. The Morgan fingerprint density at radius 2 is 1.52 bits per heavy atom. The van der Waals surface area contributed by atoms with E-state index in [1.54, 1.807) is 19.1 Å². The molecular weight excluding hydrogens is 686 g/mol. The Hall–Kier alpha value is -5.69. The number of nitro benzene ring substituents is 1. The summed E-state index contributed by atoms with van der Waals surface area (Å²) in [6, 6.07) is 22.6. The number of rotatable bonds is 13. The molecule has 4 aromatic rings. The van der Waals surface area contributed by atoms with Gasteiger partial charge in [0.05, 0.1) is 28.3 Å². The van der Waals surface area contributed by atoms with E-state index in [2.05, 4.69) is 21.2 Å². The molecule has 5 rings (SSSR count). The van der Waals surface area contributed by atoms with Gasteiger partial charge in [0.1, 0.15) is 18.8 Å². The third-order valence-electron chi connectivity index (χ3n) is 6.97. The predicted octanol–water partition coefficient (Wildman–Crippen LogP) is 6.98. The van der Waals surface area contributed by atoms with Gasteiger partial charge in [-0.25, -0.2) is 9.69 Å². The molecule has 1 aliphatic heterocycles. The number of imide groups is 2. The number of carbonyl (C=O) groups is 3. The van der Waals surface area contributed by atoms with E-state index in [-0.39, 0.29) is 23.6 Å². The average Bonchev–Trinajstić information content (AvgIpc) is 3.06. The summed E-state index contributed by atoms with van der Waals surface area (Å²) in [4.78, 5) is 50.0. The van der Waals surface area contributed by atoms with Gasteiger partial charge in [0, 0.05) is 12.1 Å². The van der Waals surface area contributed by atoms with Gasteiger partial charge in [0.25, 0.3) is 17.5 Å². The van der Waals surface area contributed by atoms with E-state index in [4.69, 9.17) is 18.9 Å². The van der Waals surface area contributed by atoms with E-state index in [9.17, 15) is 24.5 Å². The monoisotopic (exact) mass is 715 g/mol. The van der Waals surface area contributed by atoms with Gasteiger partial charge < -0.3 is 18.9 Å². The van der Waals surface area contributed by atoms with Crippen molar-refractivity contribution in [3.05, 3.63) is 122 Å². The highest BCUT2D eigenvalue weighted by atomic mass is 79.9. The van der Waals surface area contributed by atoms with E-state index in [1.807, 2.05) is 55.5 Å². The van der Waals surface area contributed by atoms with Crippen molar-refractivity contribution in [2.45, 2.75) is 27.1 Å². The number of amides is 4. The Kier molecular flexibility index (Phi) is 10.7. The maximum atomic E-state index is 13.4. The minimum Gasteiger partial charge on any atom is -0.490 e. The Morgan fingerprint density at radius 1 is 0.792 bits per heavy atom. The van der Waals surface area contributed by atoms with Crippen molar-refractivity contribution in [1.82, 2.24) is 5.32 Å². The maximum Gasteiger partial charge on any atom is 0.335 e. The number of urea groups is 1. The van der Waals surface area contributed by atoms with E-state index < -0.39 is 22.8 Å². The Morgan fingerprint density at radius 3 is 2.25 bits per heavy atom. The summed E-state index contributed by atoms with van der Waals surface area (Å²) >= 11 is 3.52. The van der Waals surface area contributed by atoms with Gasteiger partial charge in [0.15, 0.2) is 23.0 Å². The van der Waals surface area contributed by atoms with Gasteiger partial charge in [-0.15, -0.1) is 0 Å². The molecular formula is C35H30BrN3O9. The second-order valence-electron chi connectivity index (χ2n) is 10.3. The number of nitrogens with one attached hydrogen (secondary N) is 1. The van der Waals surface area contributed by atoms with Crippen LogP contribution in [0.2, 0.25) is 0 Å². The van der Waals surface area contributed by atoms with E-state index in [0.29, 0.717) is 57.8 Å². The van der Waals surface area contributed by atoms with Crippen LogP contribution < -0.4 is 29.2 Å². The van der Waals surface area contributed by atoms with Crippen LogP contribution in [-0.4, -0.2) is 36.0 Å². The van der Waals surface area contributed by atoms with Gasteiger partial charge in [0.2, 0.25) is 0 Å². The molecule has 13 heteroatoms. The molecule has 1 saturated heterocycles. The fourth-order valence-corrected chi connectivity index (χ4v) is 5.37. The summed E-state index contributed by atoms with van der Waals surface area (Å²) in [5.74, 6) is 0.0390. The molecule has 0 spiro atoms. The number of halogens is 1. The molecule has 4 amide bonds. The second-order valence-corrected chi connectivity index (χ2v) is 11.1. The highest BCUT2D eigenvalue weighted by molar-refractivity contribution is 9.10. The Balaban J connectivity index is 1.37. The highest BCUT2D eigenvalue weighted by Crippen LogP contribution is 2.39. The minimum atomic E-state index is -1.02. The zero-order valence-electron chi connectivity index (χ0n) is 25.9. The van der Waals surface area contributed by atoms with Gasteiger partial charge in [-0.05, 0) is 82.9 Å². The van der Waals surface area contributed by atoms with Crippen LogP contribution in [0.3, 0.4) is 0 Å². The Bertz CT molecular complexity index is 1900. The zero-order valence-corrected chi connectivity index (χ0v) is 27.5. The minimum absolute atomic E-state index is 0.0617. The molecule has 0 saturated carbocycles. The van der Waals surface area contributed by atoms with E-state index >= 15 is 0 Å². The van der Waals surface area contributed by atoms with Crippen LogP contribution in [0, 0.1) is 10.1 Å². The number of nitro groups is 1. The molecule has 12 nitrogen and oxygen atoms in total. The number of hydrogen-bond acceptors (Lipinski definition) is 9. The van der Waals surface area contributed by atoms with Crippen LogP contribution in [0.25, 0.3) is 6.08 Å². The fraction of sp³-hybridized carbons (Fsp3) is 0.171. The lowest BCUT2D eigenvalue weighted by Gasteiger charge is -2.26. The summed E-state index contributed by atoms with van der Waals surface area (Å²) < 4.78 is 24.3. The van der Waals surface area contributed by atoms with Crippen molar-refractivity contribution in [3.8, 4) is 23.0 Å². The number of benzene rings is 4. The standard InChI is InChI=1S/C35H30BrN3O9/c1-3-45-30-17-23(13-14-29(30)47-20-22-9-6-5-7-10-22)21-48-32-28(36)16-24(18-31(32)46-4-2)15-27-33(40)37-35(42)38(34(27)41)25-11-8-12-26(19-25)39(43)44/h5-19H,3-4,20-21H2,1-2H3,(H,37,40,42)/b27-15-. The van der Waals surface area contributed by atoms with Crippen molar-refractivity contribution >= 4 is 51.2 Å². The normalized spacial score (nSPS) is 13.7. The van der Waals surface area contributed by atoms with Crippen molar-refractivity contribution in [3.63, 3.8) is 0 Å². The van der Waals surface area contributed by atoms with Gasteiger partial charge in [-0.2, -0.15) is 0 Å². The molecule has 0 atom stereocenters. The number of anilines is 1. The molecule has 0 aromatic heterocycles. The van der Waals surface area contributed by atoms with Gasteiger partial charge in [-0.1, -0.05) is 42.5 Å². The van der Waals surface area contributed by atoms with Crippen molar-refractivity contribution in [2.24, 2.45) is 0 Å². The number of non-ortho nitro benzene ring substituents is 1. The number of nitrogens with zero attached hydrogens (tertiary/aromatic N) is 2. The number of hydrogen-bond donors (Lipinski definition) is 1. The fourth-order valence-electron chi connectivity index (χ4n) is 4.80. The van der Waals surface area contributed by atoms with Crippen molar-refractivity contribution in [2.75, 3.05) is 18.1 Å². The molecule has 4 aromatic carbocycles. The first kappa shape index (κ1) is 33.7. The first-order chi connectivity index (χ1) is 23.2. The molecule has 246 valence electrons. The lowest BCUT2D eigenvalue weighted by molar-refractivity contribution is -0.384. The second kappa shape index (κ2) is 15.3. The lowest BCUT2D eigenvalue weighted by Crippen LogP contribution is -2.54. The number of carbonyl (C=O) groups excluding carboxylic acids is 3. The first-order valence-corrected chi connectivity index (χ1v) is 15.6. The quantitative estimate of drug-likeness (QED) is 0.0670. The molecule has 1 aliphatic rings. The van der Waals surface area contributed by atoms with Gasteiger partial charge in [-0.3, -0.25) is 25.0 Å². The molecule has 1 fully saturated rings.